The van der Waals surface area contributed by atoms with Crippen LogP contribution in [0.1, 0.15) is 53.1 Å². The Bertz CT molecular complexity index is 1340. The van der Waals surface area contributed by atoms with Crippen LogP contribution in [-0.4, -0.2) is 50.2 Å². The zero-order valence-corrected chi connectivity index (χ0v) is 19.1. The summed E-state index contributed by atoms with van der Waals surface area (Å²) in [5.41, 5.74) is 4.29. The van der Waals surface area contributed by atoms with Gasteiger partial charge in [0, 0.05) is 29.3 Å². The third kappa shape index (κ3) is 4.37. The van der Waals surface area contributed by atoms with Gasteiger partial charge >= 0.3 is 5.97 Å². The van der Waals surface area contributed by atoms with Crippen LogP contribution in [0, 0.1) is 0 Å². The van der Waals surface area contributed by atoms with Gasteiger partial charge in [0.05, 0.1) is 11.2 Å². The molecule has 7 heteroatoms. The molecule has 0 saturated carbocycles. The van der Waals surface area contributed by atoms with Crippen LogP contribution in [0.4, 0.5) is 0 Å². The number of Topliss-reactive ketones (excluding diaryl/α,β-unsaturated/α-hetero) is 1. The summed E-state index contributed by atoms with van der Waals surface area (Å²) in [7, 11) is 0. The first-order valence-corrected chi connectivity index (χ1v) is 11.1. The zero-order valence-electron chi connectivity index (χ0n) is 19.1. The molecule has 1 N–H and O–H groups in total. The van der Waals surface area contributed by atoms with Crippen LogP contribution in [0.5, 0.6) is 0 Å². The number of rotatable bonds is 6. The SMILES string of the molecule is C=C(/C=C\C)c1ccc(-c2cc(C(C)=O)c3cnc(C(=O)N4CCC[C@@H]4C(=O)O)cc3n2)cc1. The molecular formula is C27H25N3O4. The van der Waals surface area contributed by atoms with E-state index in [1.165, 1.54) is 24.1 Å². The lowest BCUT2D eigenvalue weighted by atomic mass is 10.00. The second kappa shape index (κ2) is 9.39. The van der Waals surface area contributed by atoms with Crippen molar-refractivity contribution < 1.29 is 19.5 Å². The lowest BCUT2D eigenvalue weighted by Crippen LogP contribution is -2.40. The molecule has 1 amide bonds. The molecule has 1 fully saturated rings. The number of pyridine rings is 2. The molecule has 1 aliphatic heterocycles. The van der Waals surface area contributed by atoms with E-state index in [1.54, 1.807) is 6.07 Å². The second-order valence-electron chi connectivity index (χ2n) is 8.30. The minimum atomic E-state index is -1.02. The molecule has 4 rings (SSSR count). The van der Waals surface area contributed by atoms with E-state index >= 15 is 0 Å². The number of hydrogen-bond acceptors (Lipinski definition) is 5. The van der Waals surface area contributed by atoms with Gasteiger partial charge < -0.3 is 10.0 Å². The van der Waals surface area contributed by atoms with E-state index in [9.17, 15) is 19.5 Å². The van der Waals surface area contributed by atoms with E-state index in [4.69, 9.17) is 4.98 Å². The maximum Gasteiger partial charge on any atom is 0.326 e. The fraction of sp³-hybridized carbons (Fsp3) is 0.222. The third-order valence-corrected chi connectivity index (χ3v) is 6.01. The highest BCUT2D eigenvalue weighted by Crippen LogP contribution is 2.28. The molecule has 3 heterocycles. The van der Waals surface area contributed by atoms with E-state index in [0.717, 1.165) is 16.7 Å². The number of likely N-dealkylation sites (tertiary alicyclic amines) is 1. The normalized spacial score (nSPS) is 15.7. The maximum absolute atomic E-state index is 13.0. The first kappa shape index (κ1) is 23.0. The van der Waals surface area contributed by atoms with Crippen LogP contribution < -0.4 is 0 Å². The van der Waals surface area contributed by atoms with E-state index in [1.807, 2.05) is 43.3 Å². The van der Waals surface area contributed by atoms with Crippen molar-refractivity contribution in [3.05, 3.63) is 78.1 Å². The monoisotopic (exact) mass is 455 g/mol. The molecule has 1 atom stereocenters. The number of allylic oxidation sites excluding steroid dienone is 3. The Labute approximate surface area is 197 Å². The number of carboxylic acid groups (broad SMARTS) is 1. The number of carbonyl (C=O) groups is 3. The van der Waals surface area contributed by atoms with Gasteiger partial charge in [-0.15, -0.1) is 0 Å². The molecule has 0 spiro atoms. The van der Waals surface area contributed by atoms with Gasteiger partial charge in [0.15, 0.2) is 5.78 Å². The molecule has 2 aromatic heterocycles. The Morgan fingerprint density at radius 3 is 2.56 bits per heavy atom. The van der Waals surface area contributed by atoms with Crippen LogP contribution in [0.2, 0.25) is 0 Å². The Kier molecular flexibility index (Phi) is 6.36. The van der Waals surface area contributed by atoms with Crippen molar-refractivity contribution in [3.63, 3.8) is 0 Å². The summed E-state index contributed by atoms with van der Waals surface area (Å²) in [6.45, 7) is 7.82. The van der Waals surface area contributed by atoms with E-state index in [2.05, 4.69) is 11.6 Å². The lowest BCUT2D eigenvalue weighted by molar-refractivity contribution is -0.141. The highest BCUT2D eigenvalue weighted by atomic mass is 16.4. The summed E-state index contributed by atoms with van der Waals surface area (Å²) in [5.74, 6) is -1.61. The molecule has 0 unspecified atom stereocenters. The average molecular weight is 456 g/mol. The quantitative estimate of drug-likeness (QED) is 0.424. The number of fused-ring (bicyclic) bond motifs is 1. The minimum absolute atomic E-state index is 0.109. The molecule has 7 nitrogen and oxygen atoms in total. The Morgan fingerprint density at radius 2 is 1.91 bits per heavy atom. The van der Waals surface area contributed by atoms with Crippen molar-refractivity contribution in [1.82, 2.24) is 14.9 Å². The molecule has 0 radical (unpaired) electrons. The zero-order chi connectivity index (χ0) is 24.4. The van der Waals surface area contributed by atoms with E-state index in [0.29, 0.717) is 41.5 Å². The average Bonchev–Trinajstić information content (AvgIpc) is 3.33. The molecule has 1 aliphatic rings. The molecule has 172 valence electrons. The molecule has 0 bridgehead atoms. The van der Waals surface area contributed by atoms with Crippen molar-refractivity contribution in [1.29, 1.82) is 0 Å². The summed E-state index contributed by atoms with van der Waals surface area (Å²) < 4.78 is 0. The minimum Gasteiger partial charge on any atom is -0.480 e. The Balaban J connectivity index is 1.76. The maximum atomic E-state index is 13.0. The van der Waals surface area contributed by atoms with Crippen LogP contribution in [-0.2, 0) is 4.79 Å². The molecule has 34 heavy (non-hydrogen) atoms. The summed E-state index contributed by atoms with van der Waals surface area (Å²) >= 11 is 0. The van der Waals surface area contributed by atoms with Crippen LogP contribution in [0.25, 0.3) is 27.7 Å². The molecule has 3 aromatic rings. The summed E-state index contributed by atoms with van der Waals surface area (Å²) in [6, 6.07) is 10.1. The number of aromatic nitrogens is 2. The number of benzene rings is 1. The summed E-state index contributed by atoms with van der Waals surface area (Å²) in [6.07, 6.45) is 6.36. The van der Waals surface area contributed by atoms with Gasteiger partial charge in [0.2, 0.25) is 0 Å². The van der Waals surface area contributed by atoms with E-state index in [-0.39, 0.29) is 11.5 Å². The Hall–Kier alpha value is -4.13. The number of amides is 1. The second-order valence-corrected chi connectivity index (χ2v) is 8.30. The molecule has 0 aliphatic carbocycles. The first-order chi connectivity index (χ1) is 16.3. The van der Waals surface area contributed by atoms with Crippen LogP contribution >= 0.6 is 0 Å². The van der Waals surface area contributed by atoms with Crippen molar-refractivity contribution in [3.8, 4) is 11.3 Å². The van der Waals surface area contributed by atoms with Gasteiger partial charge in [-0.25, -0.2) is 9.78 Å². The number of carbonyl (C=O) groups excluding carboxylic acids is 2. The fourth-order valence-electron chi connectivity index (χ4n) is 4.24. The van der Waals surface area contributed by atoms with E-state index < -0.39 is 17.9 Å². The number of hydrogen-bond donors (Lipinski definition) is 1. The molecular weight excluding hydrogens is 430 g/mol. The van der Waals surface area contributed by atoms with Gasteiger partial charge in [-0.2, -0.15) is 0 Å². The van der Waals surface area contributed by atoms with Gasteiger partial charge in [0.1, 0.15) is 11.7 Å². The number of ketones is 1. The van der Waals surface area contributed by atoms with Crippen LogP contribution in [0.15, 0.2) is 61.3 Å². The van der Waals surface area contributed by atoms with Gasteiger partial charge in [0.25, 0.3) is 5.91 Å². The first-order valence-electron chi connectivity index (χ1n) is 11.1. The highest BCUT2D eigenvalue weighted by Gasteiger charge is 2.35. The fourth-order valence-corrected chi connectivity index (χ4v) is 4.24. The third-order valence-electron chi connectivity index (χ3n) is 6.01. The Morgan fingerprint density at radius 1 is 1.18 bits per heavy atom. The topological polar surface area (TPSA) is 100 Å². The predicted molar refractivity (Wildman–Crippen MR) is 131 cm³/mol. The highest BCUT2D eigenvalue weighted by molar-refractivity contribution is 6.08. The smallest absolute Gasteiger partial charge is 0.326 e. The van der Waals surface area contributed by atoms with Crippen molar-refractivity contribution in [2.24, 2.45) is 0 Å². The molecule has 1 aromatic carbocycles. The van der Waals surface area contributed by atoms with Crippen molar-refractivity contribution in [2.75, 3.05) is 6.54 Å². The van der Waals surface area contributed by atoms with Crippen LogP contribution in [0.3, 0.4) is 0 Å². The van der Waals surface area contributed by atoms with Gasteiger partial charge in [-0.3, -0.25) is 14.6 Å². The molecule has 1 saturated heterocycles. The standard InChI is InChI=1S/C27H25N3O4/c1-4-6-16(2)18-8-10-19(11-9-18)22-13-20(17(3)31)21-15-28-24(14-23(21)29-22)26(32)30-12-5-7-25(30)27(33)34/h4,6,8-11,13-15,25H,2,5,7,12H2,1,3H3,(H,33,34)/b6-4-/t25-/m1/s1. The largest absolute Gasteiger partial charge is 0.480 e. The summed E-state index contributed by atoms with van der Waals surface area (Å²) in [4.78, 5) is 47.2. The van der Waals surface area contributed by atoms with Gasteiger partial charge in [-0.1, -0.05) is 43.0 Å². The number of nitrogens with zero attached hydrogens (tertiary/aromatic N) is 3. The van der Waals surface area contributed by atoms with Gasteiger partial charge in [-0.05, 0) is 50.0 Å². The van der Waals surface area contributed by atoms with Crippen molar-refractivity contribution >= 4 is 34.1 Å². The van der Waals surface area contributed by atoms with Crippen molar-refractivity contribution in [2.45, 2.75) is 32.7 Å². The summed E-state index contributed by atoms with van der Waals surface area (Å²) in [5, 5.41) is 9.97. The number of carboxylic acids is 1. The lowest BCUT2D eigenvalue weighted by Gasteiger charge is -2.21. The predicted octanol–water partition coefficient (Wildman–Crippen LogP) is 4.78. The number of aliphatic carboxylic acids is 1.